The molecule has 0 bridgehead atoms. The van der Waals surface area contributed by atoms with E-state index in [0.29, 0.717) is 22.8 Å². The third-order valence-electron chi connectivity index (χ3n) is 3.00. The van der Waals surface area contributed by atoms with Crippen LogP contribution in [0.1, 0.15) is 11.1 Å². The molecule has 0 fully saturated rings. The first kappa shape index (κ1) is 14.9. The molecule has 5 heteroatoms. The lowest BCUT2D eigenvalue weighted by atomic mass is 10.1. The summed E-state index contributed by atoms with van der Waals surface area (Å²) >= 11 is 5.96. The van der Waals surface area contributed by atoms with Gasteiger partial charge in [-0.2, -0.15) is 5.26 Å². The molecule has 0 unspecified atom stereocenters. The Morgan fingerprint density at radius 1 is 1.24 bits per heavy atom. The molecular formula is C16H13ClN2O2. The summed E-state index contributed by atoms with van der Waals surface area (Å²) in [6.07, 6.45) is 0. The van der Waals surface area contributed by atoms with Crippen molar-refractivity contribution in [3.05, 3.63) is 64.7 Å². The summed E-state index contributed by atoms with van der Waals surface area (Å²) in [7, 11) is 0. The molecule has 0 aromatic heterocycles. The first-order chi connectivity index (χ1) is 10.1. The molecule has 0 saturated carbocycles. The number of carboxylic acids is 1. The molecule has 21 heavy (non-hydrogen) atoms. The van der Waals surface area contributed by atoms with Crippen LogP contribution in [0.3, 0.4) is 0 Å². The van der Waals surface area contributed by atoms with Gasteiger partial charge in [-0.25, -0.2) is 0 Å². The molecule has 0 aliphatic rings. The lowest BCUT2D eigenvalue weighted by molar-refractivity contribution is -0.135. The number of aliphatic carboxylic acids is 1. The molecule has 0 amide bonds. The van der Waals surface area contributed by atoms with Crippen LogP contribution in [0.2, 0.25) is 5.02 Å². The molecule has 2 aromatic rings. The summed E-state index contributed by atoms with van der Waals surface area (Å²) < 4.78 is 0. The van der Waals surface area contributed by atoms with Crippen molar-refractivity contribution in [3.63, 3.8) is 0 Å². The molecule has 106 valence electrons. The molecule has 0 saturated heterocycles. The Morgan fingerprint density at radius 3 is 2.67 bits per heavy atom. The number of hydrogen-bond acceptors (Lipinski definition) is 3. The molecule has 2 aromatic carbocycles. The van der Waals surface area contributed by atoms with Crippen molar-refractivity contribution in [2.24, 2.45) is 0 Å². The van der Waals surface area contributed by atoms with E-state index in [1.807, 2.05) is 12.1 Å². The Balaban J connectivity index is 2.33. The van der Waals surface area contributed by atoms with Crippen LogP contribution in [0.25, 0.3) is 0 Å². The molecule has 1 N–H and O–H groups in total. The van der Waals surface area contributed by atoms with E-state index >= 15 is 0 Å². The van der Waals surface area contributed by atoms with Gasteiger partial charge in [0, 0.05) is 17.3 Å². The van der Waals surface area contributed by atoms with E-state index < -0.39 is 5.97 Å². The Bertz CT molecular complexity index is 695. The van der Waals surface area contributed by atoms with Crippen molar-refractivity contribution < 1.29 is 9.90 Å². The summed E-state index contributed by atoms with van der Waals surface area (Å²) in [6, 6.07) is 16.3. The van der Waals surface area contributed by atoms with Crippen molar-refractivity contribution in [1.29, 1.82) is 5.26 Å². The van der Waals surface area contributed by atoms with Gasteiger partial charge in [-0.05, 0) is 29.8 Å². The quantitative estimate of drug-likeness (QED) is 0.920. The minimum atomic E-state index is -0.940. The average molecular weight is 301 g/mol. The third kappa shape index (κ3) is 3.98. The molecular weight excluding hydrogens is 288 g/mol. The van der Waals surface area contributed by atoms with Crippen molar-refractivity contribution in [2.45, 2.75) is 6.54 Å². The van der Waals surface area contributed by atoms with Gasteiger partial charge in [0.2, 0.25) is 0 Å². The summed E-state index contributed by atoms with van der Waals surface area (Å²) in [5.74, 6) is -0.940. The monoisotopic (exact) mass is 300 g/mol. The van der Waals surface area contributed by atoms with Crippen LogP contribution in [-0.2, 0) is 11.3 Å². The molecule has 0 atom stereocenters. The number of nitriles is 1. The van der Waals surface area contributed by atoms with Gasteiger partial charge in [0.05, 0.1) is 11.6 Å². The standard InChI is InChI=1S/C16H13ClN2O2/c17-14-6-3-7-15(8-14)19(11-16(20)21)10-13-5-2-1-4-12(13)9-18/h1-8H,10-11H2,(H,20,21). The van der Waals surface area contributed by atoms with E-state index in [4.69, 9.17) is 22.0 Å². The van der Waals surface area contributed by atoms with E-state index in [1.165, 1.54) is 0 Å². The highest BCUT2D eigenvalue weighted by Crippen LogP contribution is 2.22. The second-order valence-corrected chi connectivity index (χ2v) is 4.94. The highest BCUT2D eigenvalue weighted by molar-refractivity contribution is 6.30. The number of nitrogens with zero attached hydrogens (tertiary/aromatic N) is 2. The van der Waals surface area contributed by atoms with Crippen LogP contribution < -0.4 is 4.90 Å². The van der Waals surface area contributed by atoms with E-state index in [9.17, 15) is 4.79 Å². The summed E-state index contributed by atoms with van der Waals surface area (Å²) in [5.41, 5.74) is 2.02. The number of hydrogen-bond donors (Lipinski definition) is 1. The molecule has 0 aliphatic carbocycles. The summed E-state index contributed by atoms with van der Waals surface area (Å²) in [4.78, 5) is 12.7. The SMILES string of the molecule is N#Cc1ccccc1CN(CC(=O)O)c1cccc(Cl)c1. The maximum atomic E-state index is 11.1. The Morgan fingerprint density at radius 2 is 2.00 bits per heavy atom. The molecule has 0 spiro atoms. The van der Waals surface area contributed by atoms with Gasteiger partial charge in [-0.15, -0.1) is 0 Å². The highest BCUT2D eigenvalue weighted by Gasteiger charge is 2.13. The molecule has 0 aliphatic heterocycles. The van der Waals surface area contributed by atoms with Crippen molar-refractivity contribution >= 4 is 23.3 Å². The topological polar surface area (TPSA) is 64.3 Å². The normalized spacial score (nSPS) is 9.90. The van der Waals surface area contributed by atoms with Crippen LogP contribution in [0.15, 0.2) is 48.5 Å². The fourth-order valence-electron chi connectivity index (χ4n) is 2.05. The number of carbonyl (C=O) groups is 1. The lowest BCUT2D eigenvalue weighted by Gasteiger charge is -2.23. The van der Waals surface area contributed by atoms with Crippen molar-refractivity contribution in [1.82, 2.24) is 0 Å². The van der Waals surface area contributed by atoms with Crippen molar-refractivity contribution in [2.75, 3.05) is 11.4 Å². The molecule has 4 nitrogen and oxygen atoms in total. The second-order valence-electron chi connectivity index (χ2n) is 4.50. The largest absolute Gasteiger partial charge is 0.480 e. The number of anilines is 1. The van der Waals surface area contributed by atoms with Gasteiger partial charge in [0.1, 0.15) is 6.54 Å². The van der Waals surface area contributed by atoms with E-state index in [0.717, 1.165) is 5.56 Å². The molecule has 0 heterocycles. The van der Waals surface area contributed by atoms with Gasteiger partial charge in [-0.3, -0.25) is 4.79 Å². The maximum Gasteiger partial charge on any atom is 0.323 e. The minimum absolute atomic E-state index is 0.167. The zero-order chi connectivity index (χ0) is 15.2. The van der Waals surface area contributed by atoms with Crippen LogP contribution >= 0.6 is 11.6 Å². The summed E-state index contributed by atoms with van der Waals surface area (Å²) in [6.45, 7) is 0.163. The first-order valence-electron chi connectivity index (χ1n) is 6.30. The number of benzene rings is 2. The maximum absolute atomic E-state index is 11.1. The number of carboxylic acid groups (broad SMARTS) is 1. The van der Waals surface area contributed by atoms with Crippen LogP contribution in [-0.4, -0.2) is 17.6 Å². The zero-order valence-corrected chi connectivity index (χ0v) is 11.9. The fourth-order valence-corrected chi connectivity index (χ4v) is 2.23. The lowest BCUT2D eigenvalue weighted by Crippen LogP contribution is -2.29. The second kappa shape index (κ2) is 6.78. The minimum Gasteiger partial charge on any atom is -0.480 e. The molecule has 0 radical (unpaired) electrons. The highest BCUT2D eigenvalue weighted by atomic mass is 35.5. The third-order valence-corrected chi connectivity index (χ3v) is 3.23. The number of halogens is 1. The zero-order valence-electron chi connectivity index (χ0n) is 11.2. The van der Waals surface area contributed by atoms with Gasteiger partial charge in [0.25, 0.3) is 0 Å². The smallest absolute Gasteiger partial charge is 0.323 e. The Kier molecular flexibility index (Phi) is 4.81. The molecule has 2 rings (SSSR count). The van der Waals surface area contributed by atoms with Gasteiger partial charge >= 0.3 is 5.97 Å². The van der Waals surface area contributed by atoms with E-state index in [2.05, 4.69) is 6.07 Å². The van der Waals surface area contributed by atoms with E-state index in [1.54, 1.807) is 41.3 Å². The number of rotatable bonds is 5. The fraction of sp³-hybridized carbons (Fsp3) is 0.125. The summed E-state index contributed by atoms with van der Waals surface area (Å²) in [5, 5.41) is 18.7. The van der Waals surface area contributed by atoms with E-state index in [-0.39, 0.29) is 6.54 Å². The average Bonchev–Trinajstić information content (AvgIpc) is 2.46. The first-order valence-corrected chi connectivity index (χ1v) is 6.68. The van der Waals surface area contributed by atoms with Crippen molar-refractivity contribution in [3.8, 4) is 6.07 Å². The van der Waals surface area contributed by atoms with Gasteiger partial charge < -0.3 is 10.0 Å². The Labute approximate surface area is 127 Å². The van der Waals surface area contributed by atoms with Crippen LogP contribution in [0, 0.1) is 11.3 Å². The predicted molar refractivity (Wildman–Crippen MR) is 81.3 cm³/mol. The van der Waals surface area contributed by atoms with Gasteiger partial charge in [0.15, 0.2) is 0 Å². The van der Waals surface area contributed by atoms with Crippen LogP contribution in [0.5, 0.6) is 0 Å². The van der Waals surface area contributed by atoms with Gasteiger partial charge in [-0.1, -0.05) is 35.9 Å². The Hall–Kier alpha value is -2.51. The van der Waals surface area contributed by atoms with Crippen LogP contribution in [0.4, 0.5) is 5.69 Å². The predicted octanol–water partition coefficient (Wildman–Crippen LogP) is 3.30.